The molecule has 0 N–H and O–H groups in total. The van der Waals surface area contributed by atoms with Gasteiger partial charge in [0.15, 0.2) is 0 Å². The van der Waals surface area contributed by atoms with E-state index in [2.05, 4.69) is 0 Å². The van der Waals surface area contributed by atoms with E-state index in [9.17, 15) is 4.79 Å². The van der Waals surface area contributed by atoms with E-state index in [1.165, 1.54) is 11.8 Å². The second-order valence-electron chi connectivity index (χ2n) is 5.30. The predicted octanol–water partition coefficient (Wildman–Crippen LogP) is 4.95. The lowest BCUT2D eigenvalue weighted by Gasteiger charge is -2.15. The molecule has 1 amide bonds. The van der Waals surface area contributed by atoms with Crippen molar-refractivity contribution in [3.63, 3.8) is 0 Å². The highest BCUT2D eigenvalue weighted by atomic mass is 35.5. The average molecular weight is 364 g/mol. The molecule has 0 saturated carbocycles. The fraction of sp³-hybridized carbons (Fsp3) is 0.176. The lowest BCUT2D eigenvalue weighted by molar-refractivity contribution is -0.122. The maximum atomic E-state index is 12.6. The number of thioether (sulfide) groups is 1. The summed E-state index contributed by atoms with van der Waals surface area (Å²) in [6.07, 6.45) is 1.73. The molecule has 2 heterocycles. The Balaban J connectivity index is 1.81. The number of halogens is 1. The minimum absolute atomic E-state index is 0.106. The summed E-state index contributed by atoms with van der Waals surface area (Å²) in [7, 11) is 0. The molecule has 0 aliphatic carbocycles. The molecule has 3 nitrogen and oxygen atoms in total. The van der Waals surface area contributed by atoms with E-state index >= 15 is 0 Å². The minimum Gasteiger partial charge on any atom is -0.462 e. The molecule has 23 heavy (non-hydrogen) atoms. The Hall–Kier alpha value is -1.56. The van der Waals surface area contributed by atoms with Crippen molar-refractivity contribution in [2.45, 2.75) is 20.4 Å². The van der Waals surface area contributed by atoms with Gasteiger partial charge in [-0.1, -0.05) is 47.7 Å². The number of nitrogens with zero attached hydrogens (tertiary/aromatic N) is 1. The van der Waals surface area contributed by atoms with Gasteiger partial charge in [0.2, 0.25) is 0 Å². The van der Waals surface area contributed by atoms with Crippen molar-refractivity contribution < 1.29 is 9.21 Å². The zero-order chi connectivity index (χ0) is 16.6. The van der Waals surface area contributed by atoms with E-state index in [1.54, 1.807) is 11.0 Å². The van der Waals surface area contributed by atoms with E-state index < -0.39 is 0 Å². The third-order valence-electron chi connectivity index (χ3n) is 3.49. The Morgan fingerprint density at radius 1 is 1.30 bits per heavy atom. The maximum Gasteiger partial charge on any atom is 0.266 e. The van der Waals surface area contributed by atoms with E-state index in [4.69, 9.17) is 28.2 Å². The third-order valence-corrected chi connectivity index (χ3v) is 5.27. The molecule has 1 fully saturated rings. The van der Waals surface area contributed by atoms with Gasteiger partial charge in [0.25, 0.3) is 5.91 Å². The average Bonchev–Trinajstić information content (AvgIpc) is 3.02. The van der Waals surface area contributed by atoms with Crippen LogP contribution in [0.4, 0.5) is 0 Å². The number of carbonyl (C=O) groups is 1. The van der Waals surface area contributed by atoms with Gasteiger partial charge in [-0.3, -0.25) is 9.69 Å². The zero-order valence-corrected chi connectivity index (χ0v) is 15.0. The van der Waals surface area contributed by atoms with Crippen LogP contribution in [0.15, 0.2) is 39.7 Å². The molecule has 1 aromatic heterocycles. The molecular formula is C17H14ClNO2S2. The molecule has 0 bridgehead atoms. The van der Waals surface area contributed by atoms with E-state index in [0.29, 0.717) is 26.6 Å². The van der Waals surface area contributed by atoms with Crippen molar-refractivity contribution in [3.8, 4) is 0 Å². The van der Waals surface area contributed by atoms with Crippen molar-refractivity contribution in [2.75, 3.05) is 0 Å². The van der Waals surface area contributed by atoms with Gasteiger partial charge < -0.3 is 4.42 Å². The van der Waals surface area contributed by atoms with Crippen molar-refractivity contribution in [1.29, 1.82) is 0 Å². The molecule has 2 aromatic rings. The highest BCUT2D eigenvalue weighted by Crippen LogP contribution is 2.34. The number of thiocarbonyl (C=S) groups is 1. The second-order valence-corrected chi connectivity index (χ2v) is 7.38. The summed E-state index contributed by atoms with van der Waals surface area (Å²) in [5.74, 6) is 1.35. The fourth-order valence-corrected chi connectivity index (χ4v) is 3.65. The first-order valence-electron chi connectivity index (χ1n) is 7.01. The molecule has 6 heteroatoms. The Kier molecular flexibility index (Phi) is 4.62. The van der Waals surface area contributed by atoms with Gasteiger partial charge in [0, 0.05) is 11.1 Å². The summed E-state index contributed by atoms with van der Waals surface area (Å²) < 4.78 is 6.03. The standard InChI is InChI=1S/C17H14ClNO2S2/c1-10-3-5-12(7-14(10)18)9-19-16(20)15(23-17(19)22)8-13-6-4-11(2)21-13/h3-8H,9H2,1-2H3/b15-8-. The Morgan fingerprint density at radius 2 is 2.09 bits per heavy atom. The molecule has 3 rings (SSSR count). The number of carbonyl (C=O) groups excluding carboxylic acids is 1. The molecule has 1 saturated heterocycles. The van der Waals surface area contributed by atoms with Crippen LogP contribution < -0.4 is 0 Å². The van der Waals surface area contributed by atoms with Crippen molar-refractivity contribution in [3.05, 3.63) is 62.9 Å². The number of benzene rings is 1. The first-order chi connectivity index (χ1) is 10.9. The van der Waals surface area contributed by atoms with Crippen molar-refractivity contribution in [2.24, 2.45) is 0 Å². The van der Waals surface area contributed by atoms with Gasteiger partial charge in [-0.15, -0.1) is 0 Å². The number of aryl methyl sites for hydroxylation is 2. The van der Waals surface area contributed by atoms with Gasteiger partial charge in [0.1, 0.15) is 15.8 Å². The van der Waals surface area contributed by atoms with E-state index in [-0.39, 0.29) is 5.91 Å². The van der Waals surface area contributed by atoms with Crippen LogP contribution in [-0.4, -0.2) is 15.1 Å². The number of hydrogen-bond donors (Lipinski definition) is 0. The molecule has 1 aliphatic heterocycles. The first-order valence-corrected chi connectivity index (χ1v) is 8.61. The summed E-state index contributed by atoms with van der Waals surface area (Å²) >= 11 is 12.8. The number of amides is 1. The quantitative estimate of drug-likeness (QED) is 0.570. The Bertz CT molecular complexity index is 826. The van der Waals surface area contributed by atoms with Crippen LogP contribution in [-0.2, 0) is 11.3 Å². The molecule has 1 aliphatic rings. The summed E-state index contributed by atoms with van der Waals surface area (Å²) in [5.41, 5.74) is 1.96. The van der Waals surface area contributed by atoms with Gasteiger partial charge in [-0.25, -0.2) is 0 Å². The van der Waals surface area contributed by atoms with Gasteiger partial charge >= 0.3 is 0 Å². The number of furan rings is 1. The highest BCUT2D eigenvalue weighted by Gasteiger charge is 2.32. The van der Waals surface area contributed by atoms with Gasteiger partial charge in [-0.05, 0) is 43.2 Å². The van der Waals surface area contributed by atoms with Crippen LogP contribution in [0.5, 0.6) is 0 Å². The molecule has 0 atom stereocenters. The van der Waals surface area contributed by atoms with Crippen LogP contribution in [0.1, 0.15) is 22.6 Å². The topological polar surface area (TPSA) is 33.5 Å². The second kappa shape index (κ2) is 6.51. The Morgan fingerprint density at radius 3 is 2.74 bits per heavy atom. The molecule has 118 valence electrons. The monoisotopic (exact) mass is 363 g/mol. The molecule has 1 aromatic carbocycles. The lowest BCUT2D eigenvalue weighted by atomic mass is 10.1. The van der Waals surface area contributed by atoms with E-state index in [0.717, 1.165) is 16.9 Å². The van der Waals surface area contributed by atoms with Crippen LogP contribution in [0.2, 0.25) is 5.02 Å². The normalized spacial score (nSPS) is 16.7. The fourth-order valence-electron chi connectivity index (χ4n) is 2.21. The van der Waals surface area contributed by atoms with Crippen LogP contribution in [0.3, 0.4) is 0 Å². The van der Waals surface area contributed by atoms with Crippen molar-refractivity contribution in [1.82, 2.24) is 4.90 Å². The Labute approximate surface area is 149 Å². The van der Waals surface area contributed by atoms with Crippen LogP contribution in [0.25, 0.3) is 6.08 Å². The smallest absolute Gasteiger partial charge is 0.266 e. The molecular weight excluding hydrogens is 350 g/mol. The zero-order valence-electron chi connectivity index (χ0n) is 12.6. The SMILES string of the molecule is Cc1ccc(/C=C2\SC(=S)N(Cc3ccc(C)c(Cl)c3)C2=O)o1. The summed E-state index contributed by atoms with van der Waals surface area (Å²) in [4.78, 5) is 14.7. The minimum atomic E-state index is -0.106. The largest absolute Gasteiger partial charge is 0.462 e. The first kappa shape index (κ1) is 16.3. The summed E-state index contributed by atoms with van der Waals surface area (Å²) in [6, 6.07) is 9.47. The van der Waals surface area contributed by atoms with Gasteiger partial charge in [0.05, 0.1) is 11.4 Å². The number of rotatable bonds is 3. The lowest BCUT2D eigenvalue weighted by Crippen LogP contribution is -2.27. The van der Waals surface area contributed by atoms with Crippen LogP contribution >= 0.6 is 35.6 Å². The van der Waals surface area contributed by atoms with E-state index in [1.807, 2.05) is 44.2 Å². The predicted molar refractivity (Wildman–Crippen MR) is 98.4 cm³/mol. The van der Waals surface area contributed by atoms with Gasteiger partial charge in [-0.2, -0.15) is 0 Å². The molecule has 0 radical (unpaired) electrons. The molecule has 0 spiro atoms. The molecule has 0 unspecified atom stereocenters. The number of hydrogen-bond acceptors (Lipinski definition) is 4. The highest BCUT2D eigenvalue weighted by molar-refractivity contribution is 8.26. The maximum absolute atomic E-state index is 12.6. The third kappa shape index (κ3) is 3.52. The van der Waals surface area contributed by atoms with Crippen LogP contribution in [0, 0.1) is 13.8 Å². The summed E-state index contributed by atoms with van der Waals surface area (Å²) in [5, 5.41) is 0.689. The van der Waals surface area contributed by atoms with Crippen molar-refractivity contribution >= 4 is 51.9 Å². The summed E-state index contributed by atoms with van der Waals surface area (Å²) in [6.45, 7) is 4.22.